The number of hydrogen-bond acceptors (Lipinski definition) is 0. The lowest BCUT2D eigenvalue weighted by Gasteiger charge is -2.00. The summed E-state index contributed by atoms with van der Waals surface area (Å²) in [4.78, 5) is 0. The lowest BCUT2D eigenvalue weighted by molar-refractivity contribution is -0.671. The van der Waals surface area contributed by atoms with Gasteiger partial charge in [-0.3, -0.25) is 0 Å². The van der Waals surface area contributed by atoms with Crippen LogP contribution in [0, 0.1) is 6.92 Å². The maximum atomic E-state index is 2.31. The number of aromatic nitrogens is 1. The Balaban J connectivity index is 0.00000112. The number of pyridine rings is 1. The van der Waals surface area contributed by atoms with E-state index in [1.807, 2.05) is 0 Å². The third kappa shape index (κ3) is 2.68. The van der Waals surface area contributed by atoms with Crippen LogP contribution in [0.25, 0.3) is 10.9 Å². The Bertz CT molecular complexity index is 451. The van der Waals surface area contributed by atoms with Crippen molar-refractivity contribution in [1.29, 1.82) is 0 Å². The minimum Gasteiger partial charge on any atom is -1.00 e. The standard InChI is InChI=1S/C13H16N.HI/c1-3-8-14-9-4-5-12-10-11(2)6-7-13(12)14;/h4-7,9-10H,3,8H2,1-2H3;1H/q+1;/p-1. The van der Waals surface area contributed by atoms with E-state index in [-0.39, 0.29) is 24.0 Å². The summed E-state index contributed by atoms with van der Waals surface area (Å²) in [6, 6.07) is 10.9. The van der Waals surface area contributed by atoms with Crippen LogP contribution in [0.5, 0.6) is 0 Å². The van der Waals surface area contributed by atoms with Crippen LogP contribution in [0.15, 0.2) is 36.5 Å². The number of benzene rings is 1. The number of fused-ring (bicyclic) bond motifs is 1. The molecule has 0 amide bonds. The molecule has 80 valence electrons. The van der Waals surface area contributed by atoms with E-state index < -0.39 is 0 Å². The summed E-state index contributed by atoms with van der Waals surface area (Å²) in [5.41, 5.74) is 2.66. The molecule has 0 atom stereocenters. The SMILES string of the molecule is CCC[n+]1cccc2cc(C)ccc21.[I-]. The summed E-state index contributed by atoms with van der Waals surface area (Å²) >= 11 is 0. The fourth-order valence-electron chi connectivity index (χ4n) is 1.84. The maximum Gasteiger partial charge on any atom is 0.212 e. The molecule has 0 spiro atoms. The third-order valence-corrected chi connectivity index (χ3v) is 2.50. The fraction of sp³-hybridized carbons (Fsp3) is 0.308. The average molecular weight is 313 g/mol. The summed E-state index contributed by atoms with van der Waals surface area (Å²) in [5.74, 6) is 0. The van der Waals surface area contributed by atoms with E-state index in [1.54, 1.807) is 0 Å². The minimum absolute atomic E-state index is 0. The van der Waals surface area contributed by atoms with Gasteiger partial charge in [0.1, 0.15) is 6.54 Å². The van der Waals surface area contributed by atoms with E-state index in [9.17, 15) is 0 Å². The maximum absolute atomic E-state index is 2.31. The first-order valence-electron chi connectivity index (χ1n) is 5.20. The first kappa shape index (κ1) is 12.4. The van der Waals surface area contributed by atoms with Crippen LogP contribution >= 0.6 is 0 Å². The van der Waals surface area contributed by atoms with Crippen molar-refractivity contribution >= 4 is 10.9 Å². The zero-order chi connectivity index (χ0) is 9.97. The molecule has 0 bridgehead atoms. The third-order valence-electron chi connectivity index (χ3n) is 2.50. The van der Waals surface area contributed by atoms with Crippen molar-refractivity contribution in [3.63, 3.8) is 0 Å². The number of nitrogens with zero attached hydrogens (tertiary/aromatic N) is 1. The number of hydrogen-bond donors (Lipinski definition) is 0. The normalized spacial score (nSPS) is 10.0. The highest BCUT2D eigenvalue weighted by Crippen LogP contribution is 2.11. The molecule has 0 saturated heterocycles. The van der Waals surface area contributed by atoms with Crippen LogP contribution in [0.1, 0.15) is 18.9 Å². The molecular formula is C13H16IN. The summed E-state index contributed by atoms with van der Waals surface area (Å²) in [5, 5.41) is 1.33. The molecule has 2 aromatic rings. The first-order valence-corrected chi connectivity index (χ1v) is 5.20. The zero-order valence-corrected chi connectivity index (χ0v) is 11.4. The molecule has 0 N–H and O–H groups in total. The molecular weight excluding hydrogens is 297 g/mol. The predicted molar refractivity (Wildman–Crippen MR) is 59.2 cm³/mol. The Morgan fingerprint density at radius 1 is 1.20 bits per heavy atom. The smallest absolute Gasteiger partial charge is 0.212 e. The number of halogens is 1. The van der Waals surface area contributed by atoms with E-state index in [2.05, 4.69) is 54.9 Å². The van der Waals surface area contributed by atoms with E-state index in [1.165, 1.54) is 22.9 Å². The molecule has 1 nitrogen and oxygen atoms in total. The van der Waals surface area contributed by atoms with Crippen molar-refractivity contribution in [3.8, 4) is 0 Å². The van der Waals surface area contributed by atoms with Gasteiger partial charge in [-0.25, -0.2) is 0 Å². The van der Waals surface area contributed by atoms with Gasteiger partial charge in [-0.1, -0.05) is 18.6 Å². The predicted octanol–water partition coefficient (Wildman–Crippen LogP) is -0.150. The van der Waals surface area contributed by atoms with E-state index in [0.717, 1.165) is 6.54 Å². The Morgan fingerprint density at radius 3 is 2.73 bits per heavy atom. The van der Waals surface area contributed by atoms with Gasteiger partial charge in [0.05, 0.1) is 0 Å². The van der Waals surface area contributed by atoms with Gasteiger partial charge in [-0.2, -0.15) is 4.57 Å². The molecule has 0 radical (unpaired) electrons. The molecule has 1 aromatic carbocycles. The Labute approximate surface area is 108 Å². The van der Waals surface area contributed by atoms with Crippen molar-refractivity contribution in [1.82, 2.24) is 0 Å². The molecule has 1 heterocycles. The van der Waals surface area contributed by atoms with Crippen molar-refractivity contribution in [2.24, 2.45) is 0 Å². The zero-order valence-electron chi connectivity index (χ0n) is 9.20. The van der Waals surface area contributed by atoms with E-state index >= 15 is 0 Å². The fourth-order valence-corrected chi connectivity index (χ4v) is 1.84. The van der Waals surface area contributed by atoms with Crippen LogP contribution < -0.4 is 28.5 Å². The minimum atomic E-state index is 0. The quantitative estimate of drug-likeness (QED) is 0.536. The number of rotatable bonds is 2. The molecule has 0 unspecified atom stereocenters. The molecule has 2 heteroatoms. The average Bonchev–Trinajstić information content (AvgIpc) is 2.18. The topological polar surface area (TPSA) is 3.88 Å². The van der Waals surface area contributed by atoms with Crippen LogP contribution in [0.2, 0.25) is 0 Å². The molecule has 2 rings (SSSR count). The molecule has 0 saturated carbocycles. The molecule has 0 aliphatic carbocycles. The lowest BCUT2D eigenvalue weighted by Crippen LogP contribution is -3.00. The van der Waals surface area contributed by atoms with Crippen LogP contribution in [0.4, 0.5) is 0 Å². The second-order valence-corrected chi connectivity index (χ2v) is 3.76. The summed E-state index contributed by atoms with van der Waals surface area (Å²) < 4.78 is 2.31. The van der Waals surface area contributed by atoms with Crippen molar-refractivity contribution < 1.29 is 28.5 Å². The molecule has 1 aromatic heterocycles. The van der Waals surface area contributed by atoms with Gasteiger partial charge >= 0.3 is 0 Å². The van der Waals surface area contributed by atoms with Gasteiger partial charge in [0.25, 0.3) is 0 Å². The van der Waals surface area contributed by atoms with Crippen molar-refractivity contribution in [2.75, 3.05) is 0 Å². The van der Waals surface area contributed by atoms with Crippen LogP contribution in [-0.2, 0) is 6.54 Å². The Kier molecular flexibility index (Phi) is 4.51. The molecule has 0 aliphatic heterocycles. The largest absolute Gasteiger partial charge is 1.00 e. The molecule has 0 aliphatic rings. The second kappa shape index (κ2) is 5.45. The summed E-state index contributed by atoms with van der Waals surface area (Å²) in [6.45, 7) is 5.44. The second-order valence-electron chi connectivity index (χ2n) is 3.76. The van der Waals surface area contributed by atoms with E-state index in [0.29, 0.717) is 0 Å². The summed E-state index contributed by atoms with van der Waals surface area (Å²) in [7, 11) is 0. The first-order chi connectivity index (χ1) is 6.81. The van der Waals surface area contributed by atoms with Gasteiger partial charge < -0.3 is 24.0 Å². The number of aryl methyl sites for hydroxylation is 2. The summed E-state index contributed by atoms with van der Waals surface area (Å²) in [6.07, 6.45) is 3.33. The van der Waals surface area contributed by atoms with Gasteiger partial charge in [0.15, 0.2) is 6.20 Å². The monoisotopic (exact) mass is 313 g/mol. The lowest BCUT2D eigenvalue weighted by atomic mass is 10.1. The van der Waals surface area contributed by atoms with E-state index in [4.69, 9.17) is 0 Å². The van der Waals surface area contributed by atoms with Gasteiger partial charge in [-0.05, 0) is 19.1 Å². The van der Waals surface area contributed by atoms with Gasteiger partial charge in [0, 0.05) is 23.9 Å². The molecule has 15 heavy (non-hydrogen) atoms. The highest BCUT2D eigenvalue weighted by atomic mass is 127. The Hall–Kier alpha value is -0.640. The van der Waals surface area contributed by atoms with Crippen LogP contribution in [0.3, 0.4) is 0 Å². The Morgan fingerprint density at radius 2 is 2.00 bits per heavy atom. The van der Waals surface area contributed by atoms with Crippen molar-refractivity contribution in [3.05, 3.63) is 42.1 Å². The highest BCUT2D eigenvalue weighted by molar-refractivity contribution is 5.76. The van der Waals surface area contributed by atoms with Crippen LogP contribution in [-0.4, -0.2) is 0 Å². The van der Waals surface area contributed by atoms with Gasteiger partial charge in [0.2, 0.25) is 5.52 Å². The highest BCUT2D eigenvalue weighted by Gasteiger charge is 2.05. The molecule has 0 fully saturated rings. The van der Waals surface area contributed by atoms with Crippen molar-refractivity contribution in [2.45, 2.75) is 26.8 Å². The van der Waals surface area contributed by atoms with Gasteiger partial charge in [-0.15, -0.1) is 0 Å².